The predicted octanol–water partition coefficient (Wildman–Crippen LogP) is 1.68. The van der Waals surface area contributed by atoms with Crippen LogP contribution in [0.1, 0.15) is 20.8 Å². The second kappa shape index (κ2) is 3.99. The van der Waals surface area contributed by atoms with Crippen molar-refractivity contribution >= 4 is 11.9 Å². The van der Waals surface area contributed by atoms with E-state index in [1.165, 1.54) is 26.2 Å². The van der Waals surface area contributed by atoms with Gasteiger partial charge < -0.3 is 0 Å². The smallest absolute Gasteiger partial charge is 0.0218 e. The predicted molar refractivity (Wildman–Crippen MR) is 56.4 cm³/mol. The van der Waals surface area contributed by atoms with Gasteiger partial charge in [0.1, 0.15) is 0 Å². The van der Waals surface area contributed by atoms with Crippen LogP contribution in [0, 0.1) is 0 Å². The van der Waals surface area contributed by atoms with Crippen LogP contribution < -0.4 is 0 Å². The van der Waals surface area contributed by atoms with Gasteiger partial charge in [0.15, 0.2) is 0 Å². The number of piperazine rings is 1. The van der Waals surface area contributed by atoms with Crippen molar-refractivity contribution in [3.63, 3.8) is 0 Å². The summed E-state index contributed by atoms with van der Waals surface area (Å²) in [5, 5.41) is 0. The van der Waals surface area contributed by atoms with E-state index < -0.39 is 0 Å². The molecule has 2 nitrogen and oxygen atoms in total. The second-order valence-electron chi connectivity index (χ2n) is 4.27. The molecule has 0 N–H and O–H groups in total. The quantitative estimate of drug-likeness (QED) is 0.578. The van der Waals surface area contributed by atoms with Gasteiger partial charge in [-0.2, -0.15) is 0 Å². The average Bonchev–Trinajstić information content (AvgIpc) is 2.03. The maximum absolute atomic E-state index is 2.56. The molecule has 1 saturated heterocycles. The molecule has 0 aromatic heterocycles. The monoisotopic (exact) mass is 188 g/mol. The zero-order chi connectivity index (χ0) is 9.19. The van der Waals surface area contributed by atoms with E-state index in [-0.39, 0.29) is 0 Å². The van der Waals surface area contributed by atoms with Crippen molar-refractivity contribution in [1.29, 1.82) is 0 Å². The topological polar surface area (TPSA) is 6.48 Å². The summed E-state index contributed by atoms with van der Waals surface area (Å²) in [5.41, 5.74) is 0.352. The Morgan fingerprint density at radius 2 is 1.50 bits per heavy atom. The highest BCUT2D eigenvalue weighted by Gasteiger charge is 2.25. The molecule has 1 heterocycles. The molecule has 0 saturated carbocycles. The van der Waals surface area contributed by atoms with Crippen molar-refractivity contribution in [2.75, 3.05) is 32.4 Å². The molecular weight excluding hydrogens is 168 g/mol. The molecule has 0 atom stereocenters. The normalized spacial score (nSPS) is 23.0. The highest BCUT2D eigenvalue weighted by Crippen LogP contribution is 2.18. The Hall–Kier alpha value is 0.270. The Bertz CT molecular complexity index is 134. The molecule has 0 bridgehead atoms. The second-order valence-corrected chi connectivity index (χ2v) is 5.15. The Morgan fingerprint density at radius 3 is 1.83 bits per heavy atom. The van der Waals surface area contributed by atoms with Gasteiger partial charge in [-0.25, -0.2) is 4.31 Å². The summed E-state index contributed by atoms with van der Waals surface area (Å²) in [5.74, 6) is 0. The Balaban J connectivity index is 2.36. The van der Waals surface area contributed by atoms with Crippen LogP contribution in [0.3, 0.4) is 0 Å². The Morgan fingerprint density at radius 1 is 1.00 bits per heavy atom. The Labute approximate surface area is 80.4 Å². The lowest BCUT2D eigenvalue weighted by Crippen LogP contribution is -2.51. The maximum atomic E-state index is 2.56. The summed E-state index contributed by atoms with van der Waals surface area (Å²) in [6.07, 6.45) is 2.16. The third kappa shape index (κ3) is 2.64. The van der Waals surface area contributed by atoms with Gasteiger partial charge in [0.05, 0.1) is 0 Å². The van der Waals surface area contributed by atoms with Crippen LogP contribution in [0.4, 0.5) is 0 Å². The van der Waals surface area contributed by atoms with Gasteiger partial charge in [-0.05, 0) is 27.0 Å². The molecule has 1 rings (SSSR count). The van der Waals surface area contributed by atoms with Gasteiger partial charge in [0, 0.05) is 31.7 Å². The highest BCUT2D eigenvalue weighted by molar-refractivity contribution is 7.96. The molecule has 3 heteroatoms. The van der Waals surface area contributed by atoms with Crippen LogP contribution in [0.5, 0.6) is 0 Å². The van der Waals surface area contributed by atoms with Crippen molar-refractivity contribution in [3.05, 3.63) is 0 Å². The van der Waals surface area contributed by atoms with E-state index >= 15 is 0 Å². The molecule has 72 valence electrons. The number of nitrogens with zero attached hydrogens (tertiary/aromatic N) is 2. The van der Waals surface area contributed by atoms with E-state index in [0.29, 0.717) is 5.54 Å². The molecule has 1 aliphatic rings. The van der Waals surface area contributed by atoms with Gasteiger partial charge in [-0.1, -0.05) is 11.9 Å². The highest BCUT2D eigenvalue weighted by atomic mass is 32.2. The van der Waals surface area contributed by atoms with Crippen molar-refractivity contribution in [3.8, 4) is 0 Å². The standard InChI is InChI=1S/C9H20N2S/c1-9(2,3)10-5-7-11(12-4)8-6-10/h5-8H2,1-4H3. The van der Waals surface area contributed by atoms with Crippen LogP contribution >= 0.6 is 11.9 Å². The summed E-state index contributed by atoms with van der Waals surface area (Å²) >= 11 is 1.87. The molecule has 0 aliphatic carbocycles. The first-order valence-electron chi connectivity index (χ1n) is 4.58. The lowest BCUT2D eigenvalue weighted by Gasteiger charge is -2.41. The van der Waals surface area contributed by atoms with Crippen LogP contribution in [0.2, 0.25) is 0 Å². The van der Waals surface area contributed by atoms with Crippen LogP contribution in [-0.2, 0) is 0 Å². The van der Waals surface area contributed by atoms with E-state index in [0.717, 1.165) is 0 Å². The molecule has 0 aromatic rings. The SMILES string of the molecule is CSN1CCN(C(C)(C)C)CC1. The minimum Gasteiger partial charge on any atom is -0.296 e. The first-order valence-corrected chi connectivity index (χ1v) is 5.76. The number of hydrogen-bond donors (Lipinski definition) is 0. The molecule has 0 radical (unpaired) electrons. The van der Waals surface area contributed by atoms with Crippen molar-refractivity contribution in [2.45, 2.75) is 26.3 Å². The third-order valence-corrected chi connectivity index (χ3v) is 3.33. The molecule has 0 amide bonds. The molecule has 0 spiro atoms. The number of hydrogen-bond acceptors (Lipinski definition) is 3. The van der Waals surface area contributed by atoms with Gasteiger partial charge >= 0.3 is 0 Å². The van der Waals surface area contributed by atoms with Crippen LogP contribution in [0.15, 0.2) is 0 Å². The fourth-order valence-electron chi connectivity index (χ4n) is 1.54. The van der Waals surface area contributed by atoms with Gasteiger partial charge in [0.25, 0.3) is 0 Å². The van der Waals surface area contributed by atoms with Gasteiger partial charge in [-0.15, -0.1) is 0 Å². The van der Waals surface area contributed by atoms with Crippen molar-refractivity contribution in [1.82, 2.24) is 9.21 Å². The lowest BCUT2D eigenvalue weighted by molar-refractivity contribution is 0.0958. The van der Waals surface area contributed by atoms with E-state index in [1.807, 2.05) is 11.9 Å². The molecule has 1 fully saturated rings. The Kier molecular flexibility index (Phi) is 3.44. The van der Waals surface area contributed by atoms with Crippen LogP contribution in [0.25, 0.3) is 0 Å². The lowest BCUT2D eigenvalue weighted by atomic mass is 10.1. The molecule has 0 aromatic carbocycles. The van der Waals surface area contributed by atoms with E-state index in [4.69, 9.17) is 0 Å². The molecular formula is C9H20N2S. The summed E-state index contributed by atoms with van der Waals surface area (Å²) in [6.45, 7) is 11.7. The fourth-order valence-corrected chi connectivity index (χ4v) is 2.07. The van der Waals surface area contributed by atoms with Crippen molar-refractivity contribution in [2.24, 2.45) is 0 Å². The zero-order valence-electron chi connectivity index (χ0n) is 8.63. The minimum atomic E-state index is 0.352. The zero-order valence-corrected chi connectivity index (χ0v) is 9.45. The summed E-state index contributed by atoms with van der Waals surface area (Å²) in [4.78, 5) is 2.56. The first-order chi connectivity index (χ1) is 5.54. The van der Waals surface area contributed by atoms with Crippen LogP contribution in [-0.4, -0.2) is 47.2 Å². The third-order valence-electron chi connectivity index (χ3n) is 2.45. The van der Waals surface area contributed by atoms with E-state index in [9.17, 15) is 0 Å². The summed E-state index contributed by atoms with van der Waals surface area (Å²) < 4.78 is 2.43. The molecule has 12 heavy (non-hydrogen) atoms. The molecule has 1 aliphatic heterocycles. The van der Waals surface area contributed by atoms with E-state index in [2.05, 4.69) is 36.2 Å². The maximum Gasteiger partial charge on any atom is 0.0218 e. The minimum absolute atomic E-state index is 0.352. The van der Waals surface area contributed by atoms with Gasteiger partial charge in [0.2, 0.25) is 0 Å². The average molecular weight is 188 g/mol. The summed E-state index contributed by atoms with van der Waals surface area (Å²) in [6, 6.07) is 0. The number of rotatable bonds is 1. The van der Waals surface area contributed by atoms with E-state index in [1.54, 1.807) is 0 Å². The van der Waals surface area contributed by atoms with Crippen molar-refractivity contribution < 1.29 is 0 Å². The first kappa shape index (κ1) is 10.4. The molecule has 0 unspecified atom stereocenters. The largest absolute Gasteiger partial charge is 0.296 e. The summed E-state index contributed by atoms with van der Waals surface area (Å²) in [7, 11) is 0. The fraction of sp³-hybridized carbons (Fsp3) is 1.00. The van der Waals surface area contributed by atoms with Gasteiger partial charge in [-0.3, -0.25) is 4.90 Å².